The number of aromatic nitrogens is 1. The molecule has 0 unspecified atom stereocenters. The predicted octanol–water partition coefficient (Wildman–Crippen LogP) is 2.65. The second kappa shape index (κ2) is 8.60. The van der Waals surface area contributed by atoms with Gasteiger partial charge in [-0.3, -0.25) is 14.7 Å². The molecule has 126 valence electrons. The monoisotopic (exact) mass is 323 g/mol. The molecule has 1 aliphatic heterocycles. The lowest BCUT2D eigenvalue weighted by atomic mass is 9.90. The number of rotatable bonds is 6. The number of amides is 1. The van der Waals surface area contributed by atoms with Gasteiger partial charge >= 0.3 is 0 Å². The molecule has 1 aromatic carbocycles. The van der Waals surface area contributed by atoms with Crippen molar-refractivity contribution in [3.63, 3.8) is 0 Å². The maximum Gasteiger partial charge on any atom is 0.234 e. The first-order chi connectivity index (χ1) is 11.8. The molecule has 0 spiro atoms. The molecule has 0 saturated carbocycles. The standard InChI is InChI=1S/C20H25N3O/c24-20(22-15-19-8-4-5-11-21-19)16-23-12-9-18(10-13-23)14-17-6-2-1-3-7-17/h1-8,11,18H,9-10,12-16H2,(H,22,24). The molecule has 3 rings (SSSR count). The molecule has 0 bridgehead atoms. The van der Waals surface area contributed by atoms with Gasteiger partial charge in [0, 0.05) is 6.20 Å². The fourth-order valence-electron chi connectivity index (χ4n) is 3.25. The molecule has 1 saturated heterocycles. The average Bonchev–Trinajstić information content (AvgIpc) is 2.63. The minimum Gasteiger partial charge on any atom is -0.349 e. The number of piperidine rings is 1. The van der Waals surface area contributed by atoms with Crippen LogP contribution in [0.4, 0.5) is 0 Å². The van der Waals surface area contributed by atoms with Crippen LogP contribution >= 0.6 is 0 Å². The summed E-state index contributed by atoms with van der Waals surface area (Å²) in [6.07, 6.45) is 5.24. The number of hydrogen-bond donors (Lipinski definition) is 1. The molecule has 1 aliphatic rings. The average molecular weight is 323 g/mol. The number of nitrogens with zero attached hydrogens (tertiary/aromatic N) is 2. The molecule has 1 N–H and O–H groups in total. The van der Waals surface area contributed by atoms with E-state index in [2.05, 4.69) is 45.5 Å². The summed E-state index contributed by atoms with van der Waals surface area (Å²) in [5.41, 5.74) is 2.32. The van der Waals surface area contributed by atoms with Gasteiger partial charge in [0.1, 0.15) is 0 Å². The maximum atomic E-state index is 12.1. The van der Waals surface area contributed by atoms with Crippen LogP contribution in [0.3, 0.4) is 0 Å². The Morgan fingerprint density at radius 1 is 1.08 bits per heavy atom. The zero-order chi connectivity index (χ0) is 16.6. The van der Waals surface area contributed by atoms with Crippen LogP contribution in [0.15, 0.2) is 54.7 Å². The Morgan fingerprint density at radius 2 is 1.83 bits per heavy atom. The van der Waals surface area contributed by atoms with E-state index in [1.165, 1.54) is 18.4 Å². The number of nitrogens with one attached hydrogen (secondary N) is 1. The Bertz CT molecular complexity index is 622. The SMILES string of the molecule is O=C(CN1CCC(Cc2ccccc2)CC1)NCc1ccccn1. The summed E-state index contributed by atoms with van der Waals surface area (Å²) in [6, 6.07) is 16.4. The Labute approximate surface area is 143 Å². The minimum absolute atomic E-state index is 0.0853. The van der Waals surface area contributed by atoms with Gasteiger partial charge in [-0.05, 0) is 56.0 Å². The number of carbonyl (C=O) groups excluding carboxylic acids is 1. The molecule has 0 radical (unpaired) electrons. The van der Waals surface area contributed by atoms with Crippen molar-refractivity contribution < 1.29 is 4.79 Å². The van der Waals surface area contributed by atoms with Crippen LogP contribution in [-0.2, 0) is 17.8 Å². The summed E-state index contributed by atoms with van der Waals surface area (Å²) in [4.78, 5) is 18.6. The van der Waals surface area contributed by atoms with E-state index in [0.717, 1.165) is 31.1 Å². The number of hydrogen-bond acceptors (Lipinski definition) is 3. The molecule has 24 heavy (non-hydrogen) atoms. The third kappa shape index (κ3) is 5.17. The number of likely N-dealkylation sites (tertiary alicyclic amines) is 1. The van der Waals surface area contributed by atoms with Crippen molar-refractivity contribution in [1.29, 1.82) is 0 Å². The lowest BCUT2D eigenvalue weighted by Gasteiger charge is -2.31. The lowest BCUT2D eigenvalue weighted by molar-refractivity contribution is -0.122. The maximum absolute atomic E-state index is 12.1. The molecule has 2 aromatic rings. The van der Waals surface area contributed by atoms with Gasteiger partial charge in [-0.15, -0.1) is 0 Å². The molecule has 4 heteroatoms. The highest BCUT2D eigenvalue weighted by Gasteiger charge is 2.20. The summed E-state index contributed by atoms with van der Waals surface area (Å²) in [5.74, 6) is 0.822. The molecule has 1 aromatic heterocycles. The van der Waals surface area contributed by atoms with Crippen molar-refractivity contribution in [3.05, 3.63) is 66.0 Å². The Balaban J connectivity index is 1.36. The van der Waals surface area contributed by atoms with E-state index in [9.17, 15) is 4.79 Å². The second-order valence-corrected chi connectivity index (χ2v) is 6.51. The van der Waals surface area contributed by atoms with E-state index in [1.54, 1.807) is 6.20 Å². The Kier molecular flexibility index (Phi) is 5.96. The fraction of sp³-hybridized carbons (Fsp3) is 0.400. The van der Waals surface area contributed by atoms with Gasteiger partial charge in [0.05, 0.1) is 18.8 Å². The van der Waals surface area contributed by atoms with E-state index >= 15 is 0 Å². The van der Waals surface area contributed by atoms with Crippen molar-refractivity contribution >= 4 is 5.91 Å². The predicted molar refractivity (Wildman–Crippen MR) is 95.4 cm³/mol. The van der Waals surface area contributed by atoms with E-state index in [4.69, 9.17) is 0 Å². The molecule has 0 aliphatic carbocycles. The number of pyridine rings is 1. The third-order valence-electron chi connectivity index (χ3n) is 4.63. The highest BCUT2D eigenvalue weighted by atomic mass is 16.2. The summed E-state index contributed by atoms with van der Waals surface area (Å²) >= 11 is 0. The molecule has 4 nitrogen and oxygen atoms in total. The first kappa shape index (κ1) is 16.7. The quantitative estimate of drug-likeness (QED) is 0.889. The highest BCUT2D eigenvalue weighted by Crippen LogP contribution is 2.21. The molecule has 1 fully saturated rings. The fourth-order valence-corrected chi connectivity index (χ4v) is 3.25. The first-order valence-corrected chi connectivity index (χ1v) is 8.72. The molecule has 0 atom stereocenters. The number of carbonyl (C=O) groups is 1. The van der Waals surface area contributed by atoms with Crippen LogP contribution in [0.1, 0.15) is 24.1 Å². The largest absolute Gasteiger partial charge is 0.349 e. The Morgan fingerprint density at radius 3 is 2.54 bits per heavy atom. The van der Waals surface area contributed by atoms with E-state index < -0.39 is 0 Å². The van der Waals surface area contributed by atoms with Crippen LogP contribution in [0.5, 0.6) is 0 Å². The zero-order valence-corrected chi connectivity index (χ0v) is 14.0. The Hall–Kier alpha value is -2.20. The molecular formula is C20H25N3O. The van der Waals surface area contributed by atoms with Crippen molar-refractivity contribution in [3.8, 4) is 0 Å². The third-order valence-corrected chi connectivity index (χ3v) is 4.63. The summed E-state index contributed by atoms with van der Waals surface area (Å²) < 4.78 is 0. The van der Waals surface area contributed by atoms with Gasteiger partial charge < -0.3 is 5.32 Å². The summed E-state index contributed by atoms with van der Waals surface area (Å²) in [5, 5.41) is 2.95. The summed E-state index contributed by atoms with van der Waals surface area (Å²) in [6.45, 7) is 3.01. The van der Waals surface area contributed by atoms with Crippen LogP contribution in [0, 0.1) is 5.92 Å². The topological polar surface area (TPSA) is 45.2 Å². The molecule has 2 heterocycles. The van der Waals surface area contributed by atoms with Crippen molar-refractivity contribution in [1.82, 2.24) is 15.2 Å². The smallest absolute Gasteiger partial charge is 0.234 e. The van der Waals surface area contributed by atoms with E-state index in [0.29, 0.717) is 13.1 Å². The van der Waals surface area contributed by atoms with Gasteiger partial charge in [0.2, 0.25) is 5.91 Å². The van der Waals surface area contributed by atoms with Gasteiger partial charge in [-0.25, -0.2) is 0 Å². The van der Waals surface area contributed by atoms with E-state index in [-0.39, 0.29) is 5.91 Å². The zero-order valence-electron chi connectivity index (χ0n) is 14.0. The molecular weight excluding hydrogens is 298 g/mol. The van der Waals surface area contributed by atoms with Gasteiger partial charge in [-0.1, -0.05) is 36.4 Å². The van der Waals surface area contributed by atoms with E-state index in [1.807, 2.05) is 18.2 Å². The van der Waals surface area contributed by atoms with Gasteiger partial charge in [-0.2, -0.15) is 0 Å². The first-order valence-electron chi connectivity index (χ1n) is 8.72. The molecule has 1 amide bonds. The van der Waals surface area contributed by atoms with Crippen LogP contribution < -0.4 is 5.32 Å². The lowest BCUT2D eigenvalue weighted by Crippen LogP contribution is -2.41. The number of benzene rings is 1. The summed E-state index contributed by atoms with van der Waals surface area (Å²) in [7, 11) is 0. The normalized spacial score (nSPS) is 16.0. The van der Waals surface area contributed by atoms with Crippen LogP contribution in [0.25, 0.3) is 0 Å². The van der Waals surface area contributed by atoms with Crippen molar-refractivity contribution in [2.75, 3.05) is 19.6 Å². The van der Waals surface area contributed by atoms with Crippen LogP contribution in [-0.4, -0.2) is 35.4 Å². The minimum atomic E-state index is 0.0853. The van der Waals surface area contributed by atoms with Crippen LogP contribution in [0.2, 0.25) is 0 Å². The van der Waals surface area contributed by atoms with Gasteiger partial charge in [0.15, 0.2) is 0 Å². The second-order valence-electron chi connectivity index (χ2n) is 6.51. The van der Waals surface area contributed by atoms with Crippen molar-refractivity contribution in [2.45, 2.75) is 25.8 Å². The van der Waals surface area contributed by atoms with Gasteiger partial charge in [0.25, 0.3) is 0 Å². The highest BCUT2D eigenvalue weighted by molar-refractivity contribution is 5.77. The van der Waals surface area contributed by atoms with Crippen molar-refractivity contribution in [2.24, 2.45) is 5.92 Å².